The summed E-state index contributed by atoms with van der Waals surface area (Å²) in [7, 11) is 0. The van der Waals surface area contributed by atoms with E-state index in [0.717, 1.165) is 19.0 Å². The summed E-state index contributed by atoms with van der Waals surface area (Å²) < 4.78 is 0. The zero-order valence-electron chi connectivity index (χ0n) is 11.3. The number of hydrogen-bond donors (Lipinski definition) is 0. The van der Waals surface area contributed by atoms with Gasteiger partial charge in [0.2, 0.25) is 5.95 Å². The zero-order chi connectivity index (χ0) is 13.1. The normalized spacial score (nSPS) is 24.9. The Morgan fingerprint density at radius 2 is 1.79 bits per heavy atom. The highest BCUT2D eigenvalue weighted by Crippen LogP contribution is 2.24. The highest BCUT2D eigenvalue weighted by atomic mass is 35.5. The molecule has 19 heavy (non-hydrogen) atoms. The van der Waals surface area contributed by atoms with Gasteiger partial charge in [0.05, 0.1) is 17.4 Å². The summed E-state index contributed by atoms with van der Waals surface area (Å²) in [6, 6.07) is 0.569. The quantitative estimate of drug-likeness (QED) is 0.852. The third-order valence-electron chi connectivity index (χ3n) is 4.16. The number of hydrogen-bond acceptors (Lipinski definition) is 4. The van der Waals surface area contributed by atoms with Gasteiger partial charge in [0.15, 0.2) is 0 Å². The Bertz CT molecular complexity index is 402. The van der Waals surface area contributed by atoms with Gasteiger partial charge in [-0.1, -0.05) is 18.0 Å². The molecule has 104 valence electrons. The van der Waals surface area contributed by atoms with E-state index < -0.39 is 0 Å². The van der Waals surface area contributed by atoms with Gasteiger partial charge in [-0.25, -0.2) is 9.97 Å². The van der Waals surface area contributed by atoms with E-state index in [4.69, 9.17) is 11.6 Å². The molecule has 0 spiro atoms. The average molecular weight is 281 g/mol. The Kier molecular flexibility index (Phi) is 4.18. The molecule has 1 atom stereocenters. The lowest BCUT2D eigenvalue weighted by molar-refractivity contribution is 0.216. The number of likely N-dealkylation sites (tertiary alicyclic amines) is 1. The Morgan fingerprint density at radius 3 is 2.53 bits per heavy atom. The third kappa shape index (κ3) is 3.18. The van der Waals surface area contributed by atoms with Crippen LogP contribution >= 0.6 is 11.6 Å². The van der Waals surface area contributed by atoms with Crippen molar-refractivity contribution in [1.82, 2.24) is 14.9 Å². The lowest BCUT2D eigenvalue weighted by Gasteiger charge is -2.32. The lowest BCUT2D eigenvalue weighted by atomic mass is 10.1. The van der Waals surface area contributed by atoms with E-state index in [1.807, 2.05) is 0 Å². The second kappa shape index (κ2) is 6.06. The number of piperidine rings is 1. The summed E-state index contributed by atoms with van der Waals surface area (Å²) >= 11 is 5.86. The highest BCUT2D eigenvalue weighted by Gasteiger charge is 2.28. The molecule has 0 radical (unpaired) electrons. The third-order valence-corrected chi connectivity index (χ3v) is 4.35. The summed E-state index contributed by atoms with van der Waals surface area (Å²) in [5, 5.41) is 0.607. The minimum absolute atomic E-state index is 0.569. The van der Waals surface area contributed by atoms with Gasteiger partial charge < -0.3 is 9.80 Å². The summed E-state index contributed by atoms with van der Waals surface area (Å²) in [4.78, 5) is 13.7. The maximum Gasteiger partial charge on any atom is 0.225 e. The van der Waals surface area contributed by atoms with E-state index in [0.29, 0.717) is 11.1 Å². The average Bonchev–Trinajstić information content (AvgIpc) is 2.89. The van der Waals surface area contributed by atoms with Crippen LogP contribution in [0.1, 0.15) is 32.1 Å². The second-order valence-corrected chi connectivity index (χ2v) is 5.99. The van der Waals surface area contributed by atoms with Gasteiger partial charge in [0.1, 0.15) is 0 Å². The van der Waals surface area contributed by atoms with Crippen LogP contribution in [-0.2, 0) is 0 Å². The van der Waals surface area contributed by atoms with Gasteiger partial charge in [-0.15, -0.1) is 0 Å². The molecule has 0 saturated carbocycles. The van der Waals surface area contributed by atoms with Gasteiger partial charge in [0, 0.05) is 19.1 Å². The van der Waals surface area contributed by atoms with Crippen molar-refractivity contribution in [3.63, 3.8) is 0 Å². The number of aromatic nitrogens is 2. The minimum atomic E-state index is 0.569. The predicted molar refractivity (Wildman–Crippen MR) is 77.7 cm³/mol. The SMILES string of the molecule is Clc1cnc(N2CCC[C@H]2CN2CCCCC2)nc1. The van der Waals surface area contributed by atoms with Crippen LogP contribution in [0, 0.1) is 0 Å². The predicted octanol–water partition coefficient (Wildman–Crippen LogP) is 2.58. The van der Waals surface area contributed by atoms with Crippen molar-refractivity contribution in [1.29, 1.82) is 0 Å². The summed E-state index contributed by atoms with van der Waals surface area (Å²) in [6.45, 7) is 4.74. The first-order chi connectivity index (χ1) is 9.33. The largest absolute Gasteiger partial charge is 0.337 e. The van der Waals surface area contributed by atoms with Crippen LogP contribution in [0.2, 0.25) is 5.02 Å². The molecule has 3 heterocycles. The van der Waals surface area contributed by atoms with Crippen LogP contribution in [0.4, 0.5) is 5.95 Å². The smallest absolute Gasteiger partial charge is 0.225 e. The fraction of sp³-hybridized carbons (Fsp3) is 0.714. The van der Waals surface area contributed by atoms with E-state index in [-0.39, 0.29) is 0 Å². The number of halogens is 1. The Labute approximate surface area is 119 Å². The first-order valence-electron chi connectivity index (χ1n) is 7.29. The van der Waals surface area contributed by atoms with Crippen LogP contribution < -0.4 is 4.90 Å². The molecule has 2 aliphatic heterocycles. The van der Waals surface area contributed by atoms with Crippen LogP contribution in [0.5, 0.6) is 0 Å². The molecule has 1 aromatic heterocycles. The molecule has 0 aliphatic carbocycles. The molecular formula is C14H21ClN4. The summed E-state index contributed by atoms with van der Waals surface area (Å²) in [6.07, 6.45) is 9.98. The Balaban J connectivity index is 1.65. The van der Waals surface area contributed by atoms with Crippen molar-refractivity contribution < 1.29 is 0 Å². The molecule has 0 amide bonds. The van der Waals surface area contributed by atoms with Crippen LogP contribution in [0.25, 0.3) is 0 Å². The van der Waals surface area contributed by atoms with E-state index in [1.54, 1.807) is 12.4 Å². The van der Waals surface area contributed by atoms with Crippen LogP contribution in [0.15, 0.2) is 12.4 Å². The topological polar surface area (TPSA) is 32.3 Å². The van der Waals surface area contributed by atoms with Gasteiger partial charge in [-0.3, -0.25) is 0 Å². The summed E-state index contributed by atoms with van der Waals surface area (Å²) in [5.74, 6) is 0.837. The highest BCUT2D eigenvalue weighted by molar-refractivity contribution is 6.30. The zero-order valence-corrected chi connectivity index (χ0v) is 12.0. The number of rotatable bonds is 3. The van der Waals surface area contributed by atoms with Gasteiger partial charge in [0.25, 0.3) is 0 Å². The van der Waals surface area contributed by atoms with E-state index in [2.05, 4.69) is 19.8 Å². The number of anilines is 1. The van der Waals surface area contributed by atoms with Gasteiger partial charge in [-0.05, 0) is 38.8 Å². The standard InChI is InChI=1S/C14H21ClN4/c15-12-9-16-14(17-10-12)19-8-4-5-13(19)11-18-6-2-1-3-7-18/h9-10,13H,1-8,11H2/t13-/m0/s1. The van der Waals surface area contributed by atoms with Crippen molar-refractivity contribution in [2.24, 2.45) is 0 Å². The monoisotopic (exact) mass is 280 g/mol. The molecule has 0 unspecified atom stereocenters. The first kappa shape index (κ1) is 13.1. The minimum Gasteiger partial charge on any atom is -0.337 e. The van der Waals surface area contributed by atoms with E-state index in [1.165, 1.54) is 45.2 Å². The first-order valence-corrected chi connectivity index (χ1v) is 7.67. The molecule has 1 aromatic rings. The molecule has 0 bridgehead atoms. The van der Waals surface area contributed by atoms with Crippen LogP contribution in [0.3, 0.4) is 0 Å². The van der Waals surface area contributed by atoms with Crippen LogP contribution in [-0.4, -0.2) is 47.1 Å². The maximum absolute atomic E-state index is 5.86. The molecule has 3 rings (SSSR count). The van der Waals surface area contributed by atoms with Crippen molar-refractivity contribution in [2.45, 2.75) is 38.1 Å². The summed E-state index contributed by atoms with van der Waals surface area (Å²) in [5.41, 5.74) is 0. The molecular weight excluding hydrogens is 260 g/mol. The lowest BCUT2D eigenvalue weighted by Crippen LogP contribution is -2.43. The van der Waals surface area contributed by atoms with Gasteiger partial charge in [-0.2, -0.15) is 0 Å². The molecule has 4 nitrogen and oxygen atoms in total. The fourth-order valence-corrected chi connectivity index (χ4v) is 3.28. The Morgan fingerprint density at radius 1 is 1.05 bits per heavy atom. The molecule has 2 saturated heterocycles. The fourth-order valence-electron chi connectivity index (χ4n) is 3.18. The van der Waals surface area contributed by atoms with E-state index >= 15 is 0 Å². The van der Waals surface area contributed by atoms with Crippen molar-refractivity contribution >= 4 is 17.5 Å². The Hall–Kier alpha value is -0.870. The molecule has 2 fully saturated rings. The van der Waals surface area contributed by atoms with Crippen molar-refractivity contribution in [2.75, 3.05) is 31.1 Å². The molecule has 0 aromatic carbocycles. The maximum atomic E-state index is 5.86. The number of nitrogens with zero attached hydrogens (tertiary/aromatic N) is 4. The second-order valence-electron chi connectivity index (χ2n) is 5.55. The van der Waals surface area contributed by atoms with Crippen molar-refractivity contribution in [3.05, 3.63) is 17.4 Å². The molecule has 5 heteroatoms. The molecule has 2 aliphatic rings. The van der Waals surface area contributed by atoms with E-state index in [9.17, 15) is 0 Å². The molecule has 0 N–H and O–H groups in total. The van der Waals surface area contributed by atoms with Crippen molar-refractivity contribution in [3.8, 4) is 0 Å². The van der Waals surface area contributed by atoms with Gasteiger partial charge >= 0.3 is 0 Å².